The molecule has 0 aliphatic carbocycles. The predicted molar refractivity (Wildman–Crippen MR) is 116 cm³/mol. The van der Waals surface area contributed by atoms with Crippen LogP contribution in [0.1, 0.15) is 40.5 Å². The summed E-state index contributed by atoms with van der Waals surface area (Å²) in [5, 5.41) is 12.8. The molecule has 3 heterocycles. The number of hydrogen-bond donors (Lipinski definition) is 1. The first kappa shape index (κ1) is 20.2. The number of amides is 1. The Kier molecular flexibility index (Phi) is 5.09. The number of hydrogen-bond acceptors (Lipinski definition) is 6. The standard InChI is InChI=1S/C21H23ClN4O2S/c1-20(2)9-14(10-21(3,4)28-20)18(27)24-19-23-11-16(29-19)12-5-6-15-13(7-12)8-17(22)26-25-15/h5-8,11,14H,9-10H2,1-4H3,(H,23,24,27). The Hall–Kier alpha value is -2.09. The van der Waals surface area contributed by atoms with Crippen LogP contribution in [0.15, 0.2) is 30.5 Å². The van der Waals surface area contributed by atoms with E-state index in [0.717, 1.165) is 21.3 Å². The van der Waals surface area contributed by atoms with Gasteiger partial charge in [0.15, 0.2) is 10.3 Å². The molecular weight excluding hydrogens is 408 g/mol. The molecule has 4 rings (SSSR count). The molecule has 0 bridgehead atoms. The number of aromatic nitrogens is 3. The molecule has 1 aliphatic rings. The van der Waals surface area contributed by atoms with Gasteiger partial charge in [-0.3, -0.25) is 4.79 Å². The van der Waals surface area contributed by atoms with Gasteiger partial charge in [-0.1, -0.05) is 29.0 Å². The quantitative estimate of drug-likeness (QED) is 0.607. The summed E-state index contributed by atoms with van der Waals surface area (Å²) >= 11 is 7.40. The number of thiazole rings is 1. The molecule has 29 heavy (non-hydrogen) atoms. The summed E-state index contributed by atoms with van der Waals surface area (Å²) in [5.41, 5.74) is 1.12. The van der Waals surface area contributed by atoms with Gasteiger partial charge in [-0.2, -0.15) is 0 Å². The lowest BCUT2D eigenvalue weighted by Gasteiger charge is -2.44. The van der Waals surface area contributed by atoms with E-state index in [4.69, 9.17) is 16.3 Å². The number of anilines is 1. The highest BCUT2D eigenvalue weighted by Gasteiger charge is 2.42. The molecule has 152 valence electrons. The molecule has 1 N–H and O–H groups in total. The second kappa shape index (κ2) is 7.31. The Morgan fingerprint density at radius 2 is 1.90 bits per heavy atom. The van der Waals surface area contributed by atoms with Gasteiger partial charge in [-0.05, 0) is 64.3 Å². The molecule has 3 aromatic rings. The summed E-state index contributed by atoms with van der Waals surface area (Å²) in [5.74, 6) is -0.113. The molecule has 0 radical (unpaired) electrons. The molecule has 0 spiro atoms. The molecule has 1 saturated heterocycles. The lowest BCUT2D eigenvalue weighted by Crippen LogP contribution is -2.48. The lowest BCUT2D eigenvalue weighted by atomic mass is 9.80. The molecule has 6 nitrogen and oxygen atoms in total. The van der Waals surface area contributed by atoms with E-state index in [2.05, 4.69) is 20.5 Å². The van der Waals surface area contributed by atoms with Crippen molar-refractivity contribution in [1.29, 1.82) is 0 Å². The van der Waals surface area contributed by atoms with E-state index in [9.17, 15) is 4.79 Å². The Bertz CT molecular complexity index is 1060. The van der Waals surface area contributed by atoms with E-state index in [1.807, 2.05) is 45.9 Å². The number of carbonyl (C=O) groups excluding carboxylic acids is 1. The van der Waals surface area contributed by atoms with Gasteiger partial charge in [0.1, 0.15) is 0 Å². The minimum Gasteiger partial charge on any atom is -0.370 e. The summed E-state index contributed by atoms with van der Waals surface area (Å²) < 4.78 is 6.09. The fraction of sp³-hybridized carbons (Fsp3) is 0.429. The summed E-state index contributed by atoms with van der Waals surface area (Å²) in [6.45, 7) is 8.14. The minimum absolute atomic E-state index is 0.00378. The van der Waals surface area contributed by atoms with Crippen molar-refractivity contribution in [2.75, 3.05) is 5.32 Å². The number of fused-ring (bicyclic) bond motifs is 1. The molecule has 1 fully saturated rings. The van der Waals surface area contributed by atoms with Crippen molar-refractivity contribution in [3.63, 3.8) is 0 Å². The Morgan fingerprint density at radius 3 is 2.62 bits per heavy atom. The van der Waals surface area contributed by atoms with Crippen molar-refractivity contribution in [3.05, 3.63) is 35.6 Å². The van der Waals surface area contributed by atoms with Crippen LogP contribution in [-0.2, 0) is 9.53 Å². The monoisotopic (exact) mass is 430 g/mol. The number of ether oxygens (including phenoxy) is 1. The maximum Gasteiger partial charge on any atom is 0.229 e. The molecule has 1 aromatic carbocycles. The number of rotatable bonds is 3. The minimum atomic E-state index is -0.326. The van der Waals surface area contributed by atoms with Gasteiger partial charge in [-0.15, -0.1) is 10.2 Å². The number of nitrogens with zero attached hydrogens (tertiary/aromatic N) is 3. The molecule has 0 atom stereocenters. The van der Waals surface area contributed by atoms with Crippen LogP contribution in [0.4, 0.5) is 5.13 Å². The van der Waals surface area contributed by atoms with Crippen LogP contribution >= 0.6 is 22.9 Å². The van der Waals surface area contributed by atoms with Crippen LogP contribution in [0.5, 0.6) is 0 Å². The predicted octanol–water partition coefficient (Wildman–Crippen LogP) is 5.33. The Morgan fingerprint density at radius 1 is 1.17 bits per heavy atom. The van der Waals surface area contributed by atoms with Crippen molar-refractivity contribution >= 4 is 44.9 Å². The SMILES string of the molecule is CC1(C)CC(C(=O)Nc2ncc(-c3ccc4nnc(Cl)cc4c3)s2)CC(C)(C)O1. The fourth-order valence-electron chi connectivity index (χ4n) is 4.12. The number of carbonyl (C=O) groups is 1. The lowest BCUT2D eigenvalue weighted by molar-refractivity contribution is -0.176. The van der Waals surface area contributed by atoms with Gasteiger partial charge in [-0.25, -0.2) is 4.98 Å². The van der Waals surface area contributed by atoms with Crippen molar-refractivity contribution in [1.82, 2.24) is 15.2 Å². The second-order valence-corrected chi connectivity index (χ2v) is 10.1. The fourth-order valence-corrected chi connectivity index (χ4v) is 5.09. The van der Waals surface area contributed by atoms with E-state index in [1.54, 1.807) is 12.3 Å². The first-order valence-electron chi connectivity index (χ1n) is 9.50. The highest BCUT2D eigenvalue weighted by Crippen LogP contribution is 2.39. The average Bonchev–Trinajstić information content (AvgIpc) is 3.07. The molecule has 1 aliphatic heterocycles. The van der Waals surface area contributed by atoms with E-state index in [-0.39, 0.29) is 23.0 Å². The molecular formula is C21H23ClN4O2S. The smallest absolute Gasteiger partial charge is 0.229 e. The maximum absolute atomic E-state index is 12.9. The van der Waals surface area contributed by atoms with E-state index in [1.165, 1.54) is 11.3 Å². The van der Waals surface area contributed by atoms with E-state index in [0.29, 0.717) is 23.1 Å². The Labute approximate surface area is 178 Å². The molecule has 0 unspecified atom stereocenters. The van der Waals surface area contributed by atoms with Crippen LogP contribution in [0.2, 0.25) is 5.15 Å². The molecule has 2 aromatic heterocycles. The summed E-state index contributed by atoms with van der Waals surface area (Å²) in [7, 11) is 0. The largest absolute Gasteiger partial charge is 0.370 e. The van der Waals surface area contributed by atoms with Gasteiger partial charge in [0.25, 0.3) is 0 Å². The van der Waals surface area contributed by atoms with Crippen molar-refractivity contribution in [2.24, 2.45) is 5.92 Å². The third kappa shape index (κ3) is 4.57. The van der Waals surface area contributed by atoms with Crippen LogP contribution in [0.25, 0.3) is 21.3 Å². The molecule has 0 saturated carbocycles. The van der Waals surface area contributed by atoms with Gasteiger partial charge >= 0.3 is 0 Å². The summed E-state index contributed by atoms with van der Waals surface area (Å²) in [6.07, 6.45) is 3.15. The third-order valence-electron chi connectivity index (χ3n) is 4.98. The first-order chi connectivity index (χ1) is 13.6. The second-order valence-electron chi connectivity index (χ2n) is 8.69. The normalized spacial score (nSPS) is 18.7. The van der Waals surface area contributed by atoms with Gasteiger partial charge in [0.2, 0.25) is 5.91 Å². The summed E-state index contributed by atoms with van der Waals surface area (Å²) in [4.78, 5) is 18.2. The molecule has 8 heteroatoms. The first-order valence-corrected chi connectivity index (χ1v) is 10.7. The van der Waals surface area contributed by atoms with E-state index < -0.39 is 0 Å². The van der Waals surface area contributed by atoms with Crippen molar-refractivity contribution < 1.29 is 9.53 Å². The zero-order chi connectivity index (χ0) is 20.8. The highest BCUT2D eigenvalue weighted by molar-refractivity contribution is 7.19. The third-order valence-corrected chi connectivity index (χ3v) is 6.12. The Balaban J connectivity index is 1.51. The van der Waals surface area contributed by atoms with Crippen LogP contribution in [0, 0.1) is 5.92 Å². The van der Waals surface area contributed by atoms with Crippen LogP contribution in [-0.4, -0.2) is 32.3 Å². The zero-order valence-electron chi connectivity index (χ0n) is 16.8. The highest BCUT2D eigenvalue weighted by atomic mass is 35.5. The average molecular weight is 431 g/mol. The number of benzene rings is 1. The number of halogens is 1. The van der Waals surface area contributed by atoms with Gasteiger partial charge < -0.3 is 10.1 Å². The maximum atomic E-state index is 12.9. The van der Waals surface area contributed by atoms with Crippen molar-refractivity contribution in [3.8, 4) is 10.4 Å². The molecule has 1 amide bonds. The topological polar surface area (TPSA) is 77.0 Å². The van der Waals surface area contributed by atoms with Crippen molar-refractivity contribution in [2.45, 2.75) is 51.7 Å². The van der Waals surface area contributed by atoms with Crippen LogP contribution in [0.3, 0.4) is 0 Å². The van der Waals surface area contributed by atoms with E-state index >= 15 is 0 Å². The van der Waals surface area contributed by atoms with Gasteiger partial charge in [0, 0.05) is 17.5 Å². The summed E-state index contributed by atoms with van der Waals surface area (Å²) in [6, 6.07) is 7.65. The number of nitrogens with one attached hydrogen (secondary N) is 1. The van der Waals surface area contributed by atoms with Gasteiger partial charge in [0.05, 0.1) is 21.6 Å². The zero-order valence-corrected chi connectivity index (χ0v) is 18.4. The van der Waals surface area contributed by atoms with Crippen LogP contribution < -0.4 is 5.32 Å².